The lowest BCUT2D eigenvalue weighted by atomic mass is 10.0. The van der Waals surface area contributed by atoms with Gasteiger partial charge in [0.15, 0.2) is 5.13 Å². The molecule has 0 radical (unpaired) electrons. The summed E-state index contributed by atoms with van der Waals surface area (Å²) in [7, 11) is 0. The molecule has 0 spiro atoms. The smallest absolute Gasteiger partial charge is 0.229 e. The number of hydrogen-bond acceptors (Lipinski definition) is 3. The number of fused-ring (bicyclic) bond motifs is 1. The predicted molar refractivity (Wildman–Crippen MR) is 69.2 cm³/mol. The number of aryl methyl sites for hydroxylation is 2. The van der Waals surface area contributed by atoms with Gasteiger partial charge in [-0.15, -0.1) is 11.3 Å². The van der Waals surface area contributed by atoms with E-state index in [1.54, 1.807) is 11.3 Å². The predicted octanol–water partition coefficient (Wildman–Crippen LogP) is 3.00. The minimum atomic E-state index is 0.189. The molecule has 0 aliphatic heterocycles. The van der Waals surface area contributed by atoms with Crippen molar-refractivity contribution in [2.24, 2.45) is 17.8 Å². The Balaban J connectivity index is 1.63. The summed E-state index contributed by atoms with van der Waals surface area (Å²) in [6.07, 6.45) is 4.49. The number of rotatable bonds is 3. The van der Waals surface area contributed by atoms with Crippen molar-refractivity contribution in [3.8, 4) is 0 Å². The van der Waals surface area contributed by atoms with E-state index in [1.165, 1.54) is 11.3 Å². The van der Waals surface area contributed by atoms with Crippen LogP contribution < -0.4 is 5.32 Å². The lowest BCUT2D eigenvalue weighted by molar-refractivity contribution is -0.120. The minimum absolute atomic E-state index is 0.189. The van der Waals surface area contributed by atoms with Gasteiger partial charge in [0.1, 0.15) is 0 Å². The summed E-state index contributed by atoms with van der Waals surface area (Å²) in [5, 5.41) is 3.77. The first kappa shape index (κ1) is 11.2. The maximum Gasteiger partial charge on any atom is 0.229 e. The Morgan fingerprint density at radius 2 is 2.12 bits per heavy atom. The van der Waals surface area contributed by atoms with E-state index in [4.69, 9.17) is 0 Å². The molecule has 0 saturated heterocycles. The zero-order valence-corrected chi connectivity index (χ0v) is 11.1. The number of hydrogen-bond donors (Lipinski definition) is 1. The first-order chi connectivity index (χ1) is 8.17. The monoisotopic (exact) mass is 250 g/mol. The fourth-order valence-corrected chi connectivity index (χ4v) is 3.85. The molecule has 3 rings (SSSR count). The second-order valence-corrected chi connectivity index (χ2v) is 6.49. The molecule has 0 aromatic carbocycles. The Bertz CT molecular complexity index is 444. The standard InChI is InChI=1S/C13H18N2OS/c1-3-11-7(2)17-13(14-11)15-12(16)10-5-8-4-9(8)6-10/h8-10H,3-6H2,1-2H3,(H,14,15,16). The van der Waals surface area contributed by atoms with Crippen molar-refractivity contribution >= 4 is 22.4 Å². The summed E-state index contributed by atoms with van der Waals surface area (Å²) in [5.41, 5.74) is 1.11. The highest BCUT2D eigenvalue weighted by Gasteiger charge is 2.48. The molecule has 2 saturated carbocycles. The number of aromatic nitrogens is 1. The van der Waals surface area contributed by atoms with Gasteiger partial charge in [0.2, 0.25) is 5.91 Å². The van der Waals surface area contributed by atoms with E-state index in [2.05, 4.69) is 24.1 Å². The van der Waals surface area contributed by atoms with Crippen molar-refractivity contribution in [3.05, 3.63) is 10.6 Å². The van der Waals surface area contributed by atoms with Crippen LogP contribution in [0.15, 0.2) is 0 Å². The minimum Gasteiger partial charge on any atom is -0.302 e. The van der Waals surface area contributed by atoms with E-state index in [1.807, 2.05) is 0 Å². The Labute approximate surface area is 106 Å². The van der Waals surface area contributed by atoms with Gasteiger partial charge in [0.05, 0.1) is 5.69 Å². The number of nitrogens with zero attached hydrogens (tertiary/aromatic N) is 1. The van der Waals surface area contributed by atoms with Gasteiger partial charge in [0.25, 0.3) is 0 Å². The number of carbonyl (C=O) groups is 1. The van der Waals surface area contributed by atoms with Crippen LogP contribution in [0.25, 0.3) is 0 Å². The SMILES string of the molecule is CCc1nc(NC(=O)C2CC3CC3C2)sc1C. The number of thiazole rings is 1. The molecule has 2 fully saturated rings. The zero-order chi connectivity index (χ0) is 12.0. The maximum atomic E-state index is 12.0. The number of amides is 1. The van der Waals surface area contributed by atoms with Crippen LogP contribution in [0, 0.1) is 24.7 Å². The summed E-state index contributed by atoms with van der Waals surface area (Å²) in [6.45, 7) is 4.16. The highest BCUT2D eigenvalue weighted by molar-refractivity contribution is 7.15. The van der Waals surface area contributed by atoms with E-state index >= 15 is 0 Å². The molecule has 1 aromatic heterocycles. The van der Waals surface area contributed by atoms with Crippen molar-refractivity contribution in [1.82, 2.24) is 4.98 Å². The second-order valence-electron chi connectivity index (χ2n) is 5.29. The Morgan fingerprint density at radius 3 is 2.71 bits per heavy atom. The van der Waals surface area contributed by atoms with Crippen molar-refractivity contribution in [1.29, 1.82) is 0 Å². The molecule has 2 unspecified atom stereocenters. The Morgan fingerprint density at radius 1 is 1.41 bits per heavy atom. The van der Waals surface area contributed by atoms with E-state index in [-0.39, 0.29) is 11.8 Å². The van der Waals surface area contributed by atoms with Crippen LogP contribution in [-0.2, 0) is 11.2 Å². The fourth-order valence-electron chi connectivity index (χ4n) is 2.95. The fraction of sp³-hybridized carbons (Fsp3) is 0.692. The molecule has 1 aromatic rings. The molecule has 2 aliphatic rings. The third-order valence-electron chi connectivity index (χ3n) is 4.07. The first-order valence-electron chi connectivity index (χ1n) is 6.44. The highest BCUT2D eigenvalue weighted by atomic mass is 32.1. The van der Waals surface area contributed by atoms with Crippen LogP contribution in [0.4, 0.5) is 5.13 Å². The summed E-state index contributed by atoms with van der Waals surface area (Å²) in [4.78, 5) is 17.7. The zero-order valence-electron chi connectivity index (χ0n) is 10.3. The van der Waals surface area contributed by atoms with E-state index in [9.17, 15) is 4.79 Å². The largest absolute Gasteiger partial charge is 0.302 e. The van der Waals surface area contributed by atoms with Crippen molar-refractivity contribution in [2.75, 3.05) is 5.32 Å². The third-order valence-corrected chi connectivity index (χ3v) is 5.00. The molecule has 1 amide bonds. The lowest BCUT2D eigenvalue weighted by Crippen LogP contribution is -2.21. The van der Waals surface area contributed by atoms with Gasteiger partial charge in [-0.3, -0.25) is 4.79 Å². The van der Waals surface area contributed by atoms with Gasteiger partial charge in [0, 0.05) is 10.8 Å². The first-order valence-corrected chi connectivity index (χ1v) is 7.26. The van der Waals surface area contributed by atoms with Crippen molar-refractivity contribution in [2.45, 2.75) is 39.5 Å². The Hall–Kier alpha value is -0.900. The van der Waals surface area contributed by atoms with Crippen LogP contribution >= 0.6 is 11.3 Å². The lowest BCUT2D eigenvalue weighted by Gasteiger charge is -2.09. The second kappa shape index (κ2) is 4.09. The Kier molecular flexibility index (Phi) is 2.69. The van der Waals surface area contributed by atoms with Gasteiger partial charge in [-0.1, -0.05) is 6.92 Å². The van der Waals surface area contributed by atoms with Gasteiger partial charge in [-0.05, 0) is 44.4 Å². The molecule has 0 bridgehead atoms. The topological polar surface area (TPSA) is 42.0 Å². The van der Waals surface area contributed by atoms with Crippen LogP contribution in [-0.4, -0.2) is 10.9 Å². The summed E-state index contributed by atoms with van der Waals surface area (Å²) in [6, 6.07) is 0. The molecular weight excluding hydrogens is 232 g/mol. The average Bonchev–Trinajstić information content (AvgIpc) is 2.75. The highest BCUT2D eigenvalue weighted by Crippen LogP contribution is 2.54. The summed E-state index contributed by atoms with van der Waals surface area (Å²) >= 11 is 1.60. The average molecular weight is 250 g/mol. The number of carbonyl (C=O) groups excluding carboxylic acids is 1. The van der Waals surface area contributed by atoms with Crippen LogP contribution in [0.1, 0.15) is 36.8 Å². The van der Waals surface area contributed by atoms with Gasteiger partial charge >= 0.3 is 0 Å². The van der Waals surface area contributed by atoms with Gasteiger partial charge in [-0.2, -0.15) is 0 Å². The van der Waals surface area contributed by atoms with Crippen molar-refractivity contribution in [3.63, 3.8) is 0 Å². The van der Waals surface area contributed by atoms with Crippen LogP contribution in [0.3, 0.4) is 0 Å². The maximum absolute atomic E-state index is 12.0. The third kappa shape index (κ3) is 2.10. The normalized spacial score (nSPS) is 30.1. The summed E-state index contributed by atoms with van der Waals surface area (Å²) < 4.78 is 0. The van der Waals surface area contributed by atoms with Gasteiger partial charge in [-0.25, -0.2) is 4.98 Å². The quantitative estimate of drug-likeness (QED) is 0.896. The molecular formula is C13H18N2OS. The molecule has 2 atom stereocenters. The number of anilines is 1. The van der Waals surface area contributed by atoms with Crippen LogP contribution in [0.5, 0.6) is 0 Å². The molecule has 1 heterocycles. The molecule has 92 valence electrons. The van der Waals surface area contributed by atoms with E-state index in [0.29, 0.717) is 0 Å². The van der Waals surface area contributed by atoms with Gasteiger partial charge < -0.3 is 5.32 Å². The van der Waals surface area contributed by atoms with E-state index in [0.717, 1.165) is 41.9 Å². The molecule has 17 heavy (non-hydrogen) atoms. The molecule has 3 nitrogen and oxygen atoms in total. The summed E-state index contributed by atoms with van der Waals surface area (Å²) in [5.74, 6) is 2.15. The van der Waals surface area contributed by atoms with Crippen LogP contribution in [0.2, 0.25) is 0 Å². The molecule has 2 aliphatic carbocycles. The van der Waals surface area contributed by atoms with E-state index < -0.39 is 0 Å². The molecule has 1 N–H and O–H groups in total. The molecule has 4 heteroatoms. The number of nitrogens with one attached hydrogen (secondary N) is 1. The van der Waals surface area contributed by atoms with Crippen molar-refractivity contribution < 1.29 is 4.79 Å².